The van der Waals surface area contributed by atoms with Gasteiger partial charge in [-0.05, 0) is 18.2 Å². The number of ketones is 1. The number of hydrogen-bond donors (Lipinski definition) is 1. The van der Waals surface area contributed by atoms with Crippen LogP contribution in [0.4, 0.5) is 5.69 Å². The highest BCUT2D eigenvalue weighted by Gasteiger charge is 2.12. The third-order valence-electron chi connectivity index (χ3n) is 1.77. The van der Waals surface area contributed by atoms with Crippen molar-refractivity contribution in [1.29, 1.82) is 0 Å². The second-order valence-corrected chi connectivity index (χ2v) is 3.36. The number of aromatic nitrogens is 1. The number of fused-ring (bicyclic) bond motifs is 1. The second kappa shape index (κ2) is 3.42. The van der Waals surface area contributed by atoms with Crippen LogP contribution in [-0.4, -0.2) is 16.1 Å². The molecule has 0 spiro atoms. The largest absolute Gasteiger partial charge is 0.434 e. The number of rotatable bonds is 2. The van der Waals surface area contributed by atoms with Crippen LogP contribution in [0.2, 0.25) is 0 Å². The van der Waals surface area contributed by atoms with Crippen molar-refractivity contribution in [2.24, 2.45) is 0 Å². The van der Waals surface area contributed by atoms with Crippen LogP contribution in [0.25, 0.3) is 11.1 Å². The number of nitrogens with zero attached hydrogens (tertiary/aromatic N) is 1. The minimum absolute atomic E-state index is 0.113. The van der Waals surface area contributed by atoms with Gasteiger partial charge in [-0.3, -0.25) is 4.79 Å². The Bertz CT molecular complexity index is 493. The van der Waals surface area contributed by atoms with Crippen molar-refractivity contribution in [2.75, 3.05) is 11.1 Å². The summed E-state index contributed by atoms with van der Waals surface area (Å²) in [5.41, 5.74) is 7.34. The molecule has 0 amide bonds. The van der Waals surface area contributed by atoms with Crippen LogP contribution in [0.1, 0.15) is 10.7 Å². The number of benzene rings is 1. The smallest absolute Gasteiger partial charge is 0.265 e. The van der Waals surface area contributed by atoms with Crippen molar-refractivity contribution < 1.29 is 9.21 Å². The lowest BCUT2D eigenvalue weighted by Crippen LogP contribution is -1.99. The Labute approximate surface area is 88.2 Å². The third-order valence-corrected chi connectivity index (χ3v) is 2.28. The molecule has 0 radical (unpaired) electrons. The van der Waals surface area contributed by atoms with Gasteiger partial charge in [-0.25, -0.2) is 4.98 Å². The number of Topliss-reactive ketones (excluding diaryl/α,β-unsaturated/α-hetero) is 1. The van der Waals surface area contributed by atoms with Gasteiger partial charge in [-0.1, -0.05) is 15.9 Å². The van der Waals surface area contributed by atoms with Crippen LogP contribution in [0.15, 0.2) is 22.6 Å². The first-order valence-electron chi connectivity index (χ1n) is 3.96. The second-order valence-electron chi connectivity index (χ2n) is 2.80. The molecule has 0 saturated heterocycles. The van der Waals surface area contributed by atoms with E-state index in [0.29, 0.717) is 16.8 Å². The molecule has 0 fully saturated rings. The van der Waals surface area contributed by atoms with Crippen molar-refractivity contribution in [3.63, 3.8) is 0 Å². The molecule has 72 valence electrons. The number of halogens is 1. The fourth-order valence-corrected chi connectivity index (χ4v) is 1.36. The van der Waals surface area contributed by atoms with Gasteiger partial charge in [0.2, 0.25) is 5.78 Å². The summed E-state index contributed by atoms with van der Waals surface area (Å²) < 4.78 is 5.23. The predicted molar refractivity (Wildman–Crippen MR) is 56.5 cm³/mol. The molecule has 0 unspecified atom stereocenters. The zero-order valence-electron chi connectivity index (χ0n) is 7.16. The number of anilines is 1. The van der Waals surface area contributed by atoms with E-state index in [0.717, 1.165) is 0 Å². The molecule has 5 heteroatoms. The van der Waals surface area contributed by atoms with Gasteiger partial charge in [-0.15, -0.1) is 0 Å². The van der Waals surface area contributed by atoms with Crippen LogP contribution in [-0.2, 0) is 0 Å². The van der Waals surface area contributed by atoms with E-state index in [9.17, 15) is 4.79 Å². The van der Waals surface area contributed by atoms with Crippen LogP contribution in [0.3, 0.4) is 0 Å². The maximum Gasteiger partial charge on any atom is 0.265 e. The van der Waals surface area contributed by atoms with E-state index < -0.39 is 0 Å². The molecule has 2 N–H and O–H groups in total. The summed E-state index contributed by atoms with van der Waals surface area (Å²) in [4.78, 5) is 15.3. The third kappa shape index (κ3) is 1.50. The molecular weight excluding hydrogens is 248 g/mol. The molecule has 0 aliphatic heterocycles. The maximum atomic E-state index is 11.2. The standard InChI is InChI=1S/C9H7BrN2O2/c10-4-7(13)9-12-6-3-5(11)1-2-8(6)14-9/h1-3H,4,11H2. The Morgan fingerprint density at radius 2 is 2.36 bits per heavy atom. The number of nitrogens with two attached hydrogens (primary N) is 1. The number of nitrogen functional groups attached to an aromatic ring is 1. The van der Waals surface area contributed by atoms with E-state index >= 15 is 0 Å². The Hall–Kier alpha value is -1.36. The van der Waals surface area contributed by atoms with E-state index in [-0.39, 0.29) is 17.0 Å². The summed E-state index contributed by atoms with van der Waals surface area (Å²) >= 11 is 3.05. The summed E-state index contributed by atoms with van der Waals surface area (Å²) in [6.45, 7) is 0. The van der Waals surface area contributed by atoms with Gasteiger partial charge in [0.25, 0.3) is 5.89 Å². The quantitative estimate of drug-likeness (QED) is 0.506. The van der Waals surface area contributed by atoms with Gasteiger partial charge in [0.15, 0.2) is 5.58 Å². The summed E-state index contributed by atoms with van der Waals surface area (Å²) in [5, 5.41) is 0.204. The average Bonchev–Trinajstić information content (AvgIpc) is 2.59. The molecular formula is C9H7BrN2O2. The van der Waals surface area contributed by atoms with Crippen LogP contribution in [0.5, 0.6) is 0 Å². The number of oxazole rings is 1. The van der Waals surface area contributed by atoms with Crippen molar-refractivity contribution in [1.82, 2.24) is 4.98 Å². The monoisotopic (exact) mass is 254 g/mol. The van der Waals surface area contributed by atoms with Crippen molar-refractivity contribution in [3.05, 3.63) is 24.1 Å². The van der Waals surface area contributed by atoms with Gasteiger partial charge in [-0.2, -0.15) is 0 Å². The average molecular weight is 255 g/mol. The highest BCUT2D eigenvalue weighted by molar-refractivity contribution is 9.09. The Balaban J connectivity index is 2.56. The highest BCUT2D eigenvalue weighted by atomic mass is 79.9. The summed E-state index contributed by atoms with van der Waals surface area (Å²) in [5.74, 6) is -0.0674. The number of carbonyl (C=O) groups is 1. The van der Waals surface area contributed by atoms with Crippen molar-refractivity contribution >= 4 is 38.5 Å². The van der Waals surface area contributed by atoms with E-state index in [4.69, 9.17) is 10.2 Å². The van der Waals surface area contributed by atoms with Crippen molar-refractivity contribution in [2.45, 2.75) is 0 Å². The summed E-state index contributed by atoms with van der Waals surface area (Å²) in [6, 6.07) is 5.07. The summed E-state index contributed by atoms with van der Waals surface area (Å²) in [7, 11) is 0. The zero-order valence-corrected chi connectivity index (χ0v) is 8.74. The number of hydrogen-bond acceptors (Lipinski definition) is 4. The van der Waals surface area contributed by atoms with Crippen molar-refractivity contribution in [3.8, 4) is 0 Å². The Morgan fingerprint density at radius 3 is 3.07 bits per heavy atom. The van der Waals surface area contributed by atoms with Gasteiger partial charge >= 0.3 is 0 Å². The lowest BCUT2D eigenvalue weighted by atomic mass is 10.3. The zero-order chi connectivity index (χ0) is 10.1. The van der Waals surface area contributed by atoms with Gasteiger partial charge in [0.05, 0.1) is 5.33 Å². The van der Waals surface area contributed by atoms with Crippen LogP contribution >= 0.6 is 15.9 Å². The van der Waals surface area contributed by atoms with Crippen LogP contribution < -0.4 is 5.73 Å². The highest BCUT2D eigenvalue weighted by Crippen LogP contribution is 2.18. The van der Waals surface area contributed by atoms with Crippen LogP contribution in [0, 0.1) is 0 Å². The SMILES string of the molecule is Nc1ccc2oc(C(=O)CBr)nc2c1. The molecule has 0 atom stereocenters. The normalized spacial score (nSPS) is 10.6. The molecule has 0 bridgehead atoms. The molecule has 1 aromatic heterocycles. The molecule has 0 saturated carbocycles. The molecule has 2 aromatic rings. The van der Waals surface area contributed by atoms with Gasteiger partial charge in [0.1, 0.15) is 5.52 Å². The van der Waals surface area contributed by atoms with E-state index in [1.807, 2.05) is 0 Å². The molecule has 14 heavy (non-hydrogen) atoms. The molecule has 4 nitrogen and oxygen atoms in total. The lowest BCUT2D eigenvalue weighted by Gasteiger charge is -1.88. The number of alkyl halides is 1. The first-order chi connectivity index (χ1) is 6.70. The fourth-order valence-electron chi connectivity index (χ4n) is 1.12. The first-order valence-corrected chi connectivity index (χ1v) is 5.08. The van der Waals surface area contributed by atoms with E-state index in [2.05, 4.69) is 20.9 Å². The molecule has 2 rings (SSSR count). The minimum Gasteiger partial charge on any atom is -0.434 e. The molecule has 0 aliphatic rings. The van der Waals surface area contributed by atoms with E-state index in [1.54, 1.807) is 18.2 Å². The summed E-state index contributed by atoms with van der Waals surface area (Å²) in [6.07, 6.45) is 0. The molecule has 1 heterocycles. The Morgan fingerprint density at radius 1 is 1.57 bits per heavy atom. The van der Waals surface area contributed by atoms with Gasteiger partial charge in [0, 0.05) is 5.69 Å². The maximum absolute atomic E-state index is 11.2. The van der Waals surface area contributed by atoms with E-state index in [1.165, 1.54) is 0 Å². The fraction of sp³-hybridized carbons (Fsp3) is 0.111. The molecule has 1 aromatic carbocycles. The topological polar surface area (TPSA) is 69.1 Å². The lowest BCUT2D eigenvalue weighted by molar-refractivity contribution is 0.0989. The molecule has 0 aliphatic carbocycles. The predicted octanol–water partition coefficient (Wildman–Crippen LogP) is 1.99. The minimum atomic E-state index is -0.181. The van der Waals surface area contributed by atoms with Gasteiger partial charge < -0.3 is 10.2 Å². The first kappa shape index (κ1) is 9.21. The Kier molecular flexibility index (Phi) is 2.25. The number of carbonyl (C=O) groups excluding carboxylic acids is 1.